The van der Waals surface area contributed by atoms with Crippen LogP contribution in [-0.4, -0.2) is 56.2 Å². The Labute approximate surface area is 272 Å². The first kappa shape index (κ1) is 44.5. The molecule has 2 aromatic carbocycles. The van der Waals surface area contributed by atoms with Crippen LogP contribution in [0, 0.1) is 10.2 Å². The van der Waals surface area contributed by atoms with Crippen LogP contribution in [0.2, 0.25) is 20.1 Å². The number of nitrogens with one attached hydrogen (secondary N) is 2. The van der Waals surface area contributed by atoms with Gasteiger partial charge in [-0.25, -0.2) is 18.6 Å². The Balaban J connectivity index is -0.000000581. The molecule has 0 aliphatic heterocycles. The topological polar surface area (TPSA) is 219 Å². The van der Waals surface area contributed by atoms with Gasteiger partial charge in [-0.3, -0.25) is 9.98 Å². The standard InChI is InChI=1S/2C12H16Cl2N2O.ClHO4.Co.H2O/c2*1-8(2)16-4-3-15-7-9-5-10(13)6-11(14)12(9)17;2-1(3,4)5;;/h2*5-8,16-17H,3-4H2,1-2H3;(H,2,3,4,5);;1H2/q;;;+3;/p-3. The minimum Gasteiger partial charge on any atom is -0.871 e. The minimum atomic E-state index is -4.94. The van der Waals surface area contributed by atoms with Crippen LogP contribution < -0.4 is 39.5 Å². The molecule has 0 unspecified atom stereocenters. The van der Waals surface area contributed by atoms with Crippen molar-refractivity contribution < 1.29 is 61.3 Å². The summed E-state index contributed by atoms with van der Waals surface area (Å²) in [6, 6.07) is 6.86. The zero-order valence-electron chi connectivity index (χ0n) is 22.5. The maximum atomic E-state index is 11.6. The molecule has 0 aliphatic carbocycles. The van der Waals surface area contributed by atoms with Gasteiger partial charge < -0.3 is 26.3 Å². The van der Waals surface area contributed by atoms with E-state index < -0.39 is 10.2 Å². The molecular weight excluding hydrogens is 692 g/mol. The molecule has 0 aliphatic rings. The third-order valence-corrected chi connectivity index (χ3v) is 5.12. The molecule has 0 fully saturated rings. The molecule has 0 atom stereocenters. The summed E-state index contributed by atoms with van der Waals surface area (Å²) in [5.41, 5.74) is 0.846. The second-order valence-electron chi connectivity index (χ2n) is 8.28. The molecule has 0 radical (unpaired) electrons. The van der Waals surface area contributed by atoms with E-state index >= 15 is 0 Å². The largest absolute Gasteiger partial charge is 3.00 e. The Hall–Kier alpha value is -0.944. The Morgan fingerprint density at radius 2 is 1.00 bits per heavy atom. The van der Waals surface area contributed by atoms with Crippen LogP contribution in [0.15, 0.2) is 34.3 Å². The van der Waals surface area contributed by atoms with E-state index in [1.54, 1.807) is 12.1 Å². The van der Waals surface area contributed by atoms with Crippen molar-refractivity contribution in [1.82, 2.24) is 10.6 Å². The monoisotopic (exact) mass is 722 g/mol. The number of benzene rings is 2. The summed E-state index contributed by atoms with van der Waals surface area (Å²) in [7, 11) is -4.94. The second kappa shape index (κ2) is 23.5. The first-order valence-corrected chi connectivity index (χ1v) is 14.2. The second-order valence-corrected chi connectivity index (χ2v) is 10.7. The van der Waals surface area contributed by atoms with Crippen molar-refractivity contribution in [3.05, 3.63) is 55.5 Å². The molecule has 2 rings (SSSR count). The van der Waals surface area contributed by atoms with Gasteiger partial charge in [0, 0.05) is 57.7 Å². The molecule has 17 heteroatoms. The Morgan fingerprint density at radius 3 is 1.27 bits per heavy atom. The maximum Gasteiger partial charge on any atom is 3.00 e. The van der Waals surface area contributed by atoms with Crippen molar-refractivity contribution >= 4 is 58.8 Å². The Kier molecular flexibility index (Phi) is 25.5. The third kappa shape index (κ3) is 24.2. The van der Waals surface area contributed by atoms with Gasteiger partial charge in [-0.05, 0) is 35.4 Å². The quantitative estimate of drug-likeness (QED) is 0.237. The van der Waals surface area contributed by atoms with Gasteiger partial charge in [0.05, 0.1) is 13.1 Å². The zero-order valence-corrected chi connectivity index (χ0v) is 27.3. The van der Waals surface area contributed by atoms with E-state index in [0.717, 1.165) is 13.1 Å². The van der Waals surface area contributed by atoms with Crippen LogP contribution in [0.1, 0.15) is 38.8 Å². The fourth-order valence-corrected chi connectivity index (χ4v) is 3.53. The van der Waals surface area contributed by atoms with Gasteiger partial charge in [-0.1, -0.05) is 85.6 Å². The van der Waals surface area contributed by atoms with Gasteiger partial charge in [0.1, 0.15) is 0 Å². The molecule has 0 aromatic heterocycles. The van der Waals surface area contributed by atoms with Gasteiger partial charge in [0.2, 0.25) is 0 Å². The molecule has 0 bridgehead atoms. The van der Waals surface area contributed by atoms with E-state index in [9.17, 15) is 10.2 Å². The maximum absolute atomic E-state index is 11.6. The number of hydrogen-bond acceptors (Lipinski definition) is 10. The van der Waals surface area contributed by atoms with Gasteiger partial charge in [0.25, 0.3) is 0 Å². The molecule has 0 saturated carbocycles. The summed E-state index contributed by atoms with van der Waals surface area (Å²) in [4.78, 5) is 8.30. The van der Waals surface area contributed by atoms with E-state index in [-0.39, 0.29) is 43.8 Å². The van der Waals surface area contributed by atoms with Crippen molar-refractivity contribution in [3.63, 3.8) is 0 Å². The van der Waals surface area contributed by atoms with Crippen molar-refractivity contribution in [2.75, 3.05) is 26.2 Å². The van der Waals surface area contributed by atoms with Crippen LogP contribution in [0.25, 0.3) is 0 Å². The SMILES string of the molecule is CC(C)NCCN=Cc1cc(Cl)cc(Cl)c1[O-].CC(C)NCCN=Cc1cc(Cl)cc(Cl)c1[O-].O.[Co+3].[O-][Cl+3]([O-])([O-])[O-]. The van der Waals surface area contributed by atoms with Crippen molar-refractivity contribution in [2.24, 2.45) is 9.98 Å². The molecule has 234 valence electrons. The van der Waals surface area contributed by atoms with E-state index in [1.807, 2.05) is 0 Å². The van der Waals surface area contributed by atoms with Crippen molar-refractivity contribution in [1.29, 1.82) is 0 Å². The molecule has 0 saturated heterocycles. The molecule has 11 nitrogen and oxygen atoms in total. The number of halogens is 5. The molecule has 0 spiro atoms. The number of hydrogen-bond donors (Lipinski definition) is 2. The first-order valence-electron chi connectivity index (χ1n) is 11.4. The summed E-state index contributed by atoms with van der Waals surface area (Å²) in [5.74, 6) is -0.478. The van der Waals surface area contributed by atoms with Gasteiger partial charge in [0.15, 0.2) is 0 Å². The zero-order chi connectivity index (χ0) is 30.2. The smallest absolute Gasteiger partial charge is 0.871 e. The van der Waals surface area contributed by atoms with E-state index in [1.165, 1.54) is 24.6 Å². The van der Waals surface area contributed by atoms with Crippen molar-refractivity contribution in [3.8, 4) is 11.5 Å². The van der Waals surface area contributed by atoms with E-state index in [0.29, 0.717) is 46.3 Å². The molecule has 41 heavy (non-hydrogen) atoms. The molecule has 0 heterocycles. The molecule has 2 aromatic rings. The third-order valence-electron chi connectivity index (χ3n) is 4.12. The predicted octanol–water partition coefficient (Wildman–Crippen LogP) is -0.615. The van der Waals surface area contributed by atoms with E-state index in [2.05, 4.69) is 48.3 Å². The number of aliphatic imine (C=N–C) groups is 2. The van der Waals surface area contributed by atoms with Gasteiger partial charge in [-0.15, -0.1) is 10.2 Å². The summed E-state index contributed by atoms with van der Waals surface area (Å²) in [6.45, 7) is 11.0. The Morgan fingerprint density at radius 1 is 0.707 bits per heavy atom. The van der Waals surface area contributed by atoms with Crippen LogP contribution in [0.3, 0.4) is 0 Å². The average molecular weight is 725 g/mol. The predicted molar refractivity (Wildman–Crippen MR) is 147 cm³/mol. The fraction of sp³-hybridized carbons (Fsp3) is 0.417. The van der Waals surface area contributed by atoms with Gasteiger partial charge in [-0.2, -0.15) is 0 Å². The molecular formula is C24H32Cl5CoN4O7. The Bertz CT molecular complexity index is 992. The summed E-state index contributed by atoms with van der Waals surface area (Å²) in [5, 5.41) is 30.8. The molecule has 4 N–H and O–H groups in total. The van der Waals surface area contributed by atoms with Crippen LogP contribution in [-0.2, 0) is 16.8 Å². The van der Waals surface area contributed by atoms with Crippen molar-refractivity contribution in [2.45, 2.75) is 39.8 Å². The normalized spacial score (nSPS) is 11.1. The van der Waals surface area contributed by atoms with E-state index in [4.69, 9.17) is 65.0 Å². The average Bonchev–Trinajstić information content (AvgIpc) is 2.78. The first-order chi connectivity index (χ1) is 18.0. The number of nitrogens with zero attached hydrogens (tertiary/aromatic N) is 2. The number of rotatable bonds is 10. The molecule has 0 amide bonds. The fourth-order valence-electron chi connectivity index (χ4n) is 2.51. The van der Waals surface area contributed by atoms with Gasteiger partial charge >= 0.3 is 16.8 Å². The summed E-state index contributed by atoms with van der Waals surface area (Å²) >= 11 is 23.1. The minimum absolute atomic E-state index is 0. The summed E-state index contributed by atoms with van der Waals surface area (Å²) in [6.07, 6.45) is 3.03. The van der Waals surface area contributed by atoms with Crippen LogP contribution in [0.5, 0.6) is 11.5 Å². The van der Waals surface area contributed by atoms with Crippen LogP contribution >= 0.6 is 46.4 Å². The van der Waals surface area contributed by atoms with Crippen LogP contribution in [0.4, 0.5) is 0 Å². The summed E-state index contributed by atoms with van der Waals surface area (Å²) < 4.78 is 34.0.